The van der Waals surface area contributed by atoms with Gasteiger partial charge in [0, 0.05) is 10.1 Å². The zero-order valence-electron chi connectivity index (χ0n) is 12.5. The highest BCUT2D eigenvalue weighted by Crippen LogP contribution is 2.11. The van der Waals surface area contributed by atoms with Gasteiger partial charge in [0.15, 0.2) is 0 Å². The molecule has 0 aromatic heterocycles. The number of halogens is 1. The third-order valence-corrected chi connectivity index (χ3v) is 4.38. The molecule has 0 bridgehead atoms. The van der Waals surface area contributed by atoms with E-state index in [2.05, 4.69) is 34.8 Å². The molecule has 0 heterocycles. The topological polar surface area (TPSA) is 29.1 Å². The van der Waals surface area contributed by atoms with Crippen LogP contribution in [0.2, 0.25) is 0 Å². The van der Waals surface area contributed by atoms with E-state index < -0.39 is 0 Å². The Kier molecular flexibility index (Phi) is 9.71. The lowest BCUT2D eigenvalue weighted by atomic mass is 10.1. The Balaban J connectivity index is 2.04. The molecule has 20 heavy (non-hydrogen) atoms. The van der Waals surface area contributed by atoms with Crippen molar-refractivity contribution in [2.45, 2.75) is 58.3 Å². The minimum absolute atomic E-state index is 0.0537. The number of rotatable bonds is 10. The zero-order chi connectivity index (χ0) is 14.6. The van der Waals surface area contributed by atoms with Crippen LogP contribution in [0.15, 0.2) is 24.3 Å². The normalized spacial score (nSPS) is 10.5. The van der Waals surface area contributed by atoms with Crippen LogP contribution in [-0.4, -0.2) is 12.5 Å². The molecule has 1 rings (SSSR count). The molecule has 0 aliphatic rings. The van der Waals surface area contributed by atoms with Gasteiger partial charge in [-0.25, -0.2) is 0 Å². The Labute approximate surface area is 136 Å². The van der Waals surface area contributed by atoms with E-state index in [4.69, 9.17) is 0 Å². The predicted octanol–water partition coefficient (Wildman–Crippen LogP) is 5.16. The summed E-state index contributed by atoms with van der Waals surface area (Å²) in [5.41, 5.74) is 0.785. The van der Waals surface area contributed by atoms with Gasteiger partial charge in [0.2, 0.25) is 0 Å². The van der Waals surface area contributed by atoms with Crippen molar-refractivity contribution in [3.05, 3.63) is 33.4 Å². The maximum absolute atomic E-state index is 12.0. The molecule has 3 heteroatoms. The Morgan fingerprint density at radius 3 is 2.25 bits per heavy atom. The molecule has 0 radical (unpaired) electrons. The molecule has 0 saturated heterocycles. The smallest absolute Gasteiger partial charge is 0.252 e. The van der Waals surface area contributed by atoms with Gasteiger partial charge in [0.25, 0.3) is 5.91 Å². The highest BCUT2D eigenvalue weighted by atomic mass is 127. The van der Waals surface area contributed by atoms with Gasteiger partial charge < -0.3 is 5.32 Å². The molecule has 0 aliphatic carbocycles. The molecule has 0 unspecified atom stereocenters. The third-order valence-electron chi connectivity index (χ3n) is 3.43. The van der Waals surface area contributed by atoms with Crippen LogP contribution in [0, 0.1) is 3.57 Å². The molecule has 1 aromatic rings. The summed E-state index contributed by atoms with van der Waals surface area (Å²) in [5, 5.41) is 3.01. The van der Waals surface area contributed by atoms with Crippen LogP contribution >= 0.6 is 22.6 Å². The number of nitrogens with one attached hydrogen (secondary N) is 1. The fraction of sp³-hybridized carbons (Fsp3) is 0.588. The molecule has 0 fully saturated rings. The minimum Gasteiger partial charge on any atom is -0.352 e. The van der Waals surface area contributed by atoms with Gasteiger partial charge in [-0.05, 0) is 41.1 Å². The molecular formula is C17H26INO. The van der Waals surface area contributed by atoms with Gasteiger partial charge in [0.1, 0.15) is 0 Å². The molecule has 1 amide bonds. The Morgan fingerprint density at radius 2 is 1.60 bits per heavy atom. The van der Waals surface area contributed by atoms with Gasteiger partial charge >= 0.3 is 0 Å². The highest BCUT2D eigenvalue weighted by Gasteiger charge is 2.07. The van der Waals surface area contributed by atoms with Crippen molar-refractivity contribution in [3.63, 3.8) is 0 Å². The fourth-order valence-corrected chi connectivity index (χ4v) is 2.83. The van der Waals surface area contributed by atoms with Gasteiger partial charge in [-0.1, -0.05) is 64.0 Å². The second-order valence-corrected chi connectivity index (χ2v) is 6.37. The highest BCUT2D eigenvalue weighted by molar-refractivity contribution is 14.1. The summed E-state index contributed by atoms with van der Waals surface area (Å²) in [5.74, 6) is 0.0537. The maximum Gasteiger partial charge on any atom is 0.252 e. The number of hydrogen-bond acceptors (Lipinski definition) is 1. The number of benzene rings is 1. The van der Waals surface area contributed by atoms with Crippen molar-refractivity contribution >= 4 is 28.5 Å². The van der Waals surface area contributed by atoms with Crippen LogP contribution < -0.4 is 5.32 Å². The van der Waals surface area contributed by atoms with Crippen LogP contribution in [-0.2, 0) is 0 Å². The number of amides is 1. The second-order valence-electron chi connectivity index (χ2n) is 5.21. The Morgan fingerprint density at radius 1 is 1.00 bits per heavy atom. The van der Waals surface area contributed by atoms with Crippen LogP contribution in [0.5, 0.6) is 0 Å². The van der Waals surface area contributed by atoms with E-state index in [0.29, 0.717) is 0 Å². The summed E-state index contributed by atoms with van der Waals surface area (Å²) in [6, 6.07) is 7.71. The first kappa shape index (κ1) is 17.5. The van der Waals surface area contributed by atoms with E-state index in [-0.39, 0.29) is 5.91 Å². The summed E-state index contributed by atoms with van der Waals surface area (Å²) in [4.78, 5) is 12.0. The zero-order valence-corrected chi connectivity index (χ0v) is 14.6. The average molecular weight is 387 g/mol. The van der Waals surface area contributed by atoms with E-state index >= 15 is 0 Å². The monoisotopic (exact) mass is 387 g/mol. The molecule has 0 aliphatic heterocycles. The van der Waals surface area contributed by atoms with E-state index in [1.807, 2.05) is 24.3 Å². The lowest BCUT2D eigenvalue weighted by Gasteiger charge is -2.06. The molecule has 2 nitrogen and oxygen atoms in total. The lowest BCUT2D eigenvalue weighted by molar-refractivity contribution is 0.0952. The summed E-state index contributed by atoms with van der Waals surface area (Å²) in [6.07, 6.45) is 10.4. The van der Waals surface area contributed by atoms with E-state index in [1.54, 1.807) is 0 Å². The van der Waals surface area contributed by atoms with Gasteiger partial charge in [-0.3, -0.25) is 4.79 Å². The first-order chi connectivity index (χ1) is 9.75. The molecule has 1 N–H and O–H groups in total. The minimum atomic E-state index is 0.0537. The van der Waals surface area contributed by atoms with Crippen LogP contribution in [0.1, 0.15) is 68.6 Å². The van der Waals surface area contributed by atoms with Crippen molar-refractivity contribution in [2.75, 3.05) is 6.54 Å². The summed E-state index contributed by atoms with van der Waals surface area (Å²) < 4.78 is 1.01. The van der Waals surface area contributed by atoms with Crippen molar-refractivity contribution in [1.82, 2.24) is 5.32 Å². The van der Waals surface area contributed by atoms with Crippen molar-refractivity contribution < 1.29 is 4.79 Å². The second kappa shape index (κ2) is 11.1. The third kappa shape index (κ3) is 7.27. The number of hydrogen-bond donors (Lipinski definition) is 1. The lowest BCUT2D eigenvalue weighted by Crippen LogP contribution is -2.25. The molecule has 1 aromatic carbocycles. The molecule has 0 atom stereocenters. The van der Waals surface area contributed by atoms with Crippen LogP contribution in [0.4, 0.5) is 0 Å². The van der Waals surface area contributed by atoms with E-state index in [9.17, 15) is 4.79 Å². The molecule has 0 saturated carbocycles. The summed E-state index contributed by atoms with van der Waals surface area (Å²) in [6.45, 7) is 3.04. The van der Waals surface area contributed by atoms with Crippen LogP contribution in [0.25, 0.3) is 0 Å². The summed E-state index contributed by atoms with van der Waals surface area (Å²) in [7, 11) is 0. The van der Waals surface area contributed by atoms with E-state index in [0.717, 1.165) is 22.1 Å². The molecular weight excluding hydrogens is 361 g/mol. The average Bonchev–Trinajstić information content (AvgIpc) is 2.46. The number of carbonyl (C=O) groups is 1. The SMILES string of the molecule is CCCCCCCCCCNC(=O)c1ccccc1I. The van der Waals surface area contributed by atoms with Crippen molar-refractivity contribution in [1.29, 1.82) is 0 Å². The summed E-state index contributed by atoms with van der Waals surface area (Å²) >= 11 is 2.20. The van der Waals surface area contributed by atoms with Crippen molar-refractivity contribution in [2.24, 2.45) is 0 Å². The molecule has 112 valence electrons. The van der Waals surface area contributed by atoms with Gasteiger partial charge in [-0.15, -0.1) is 0 Å². The Bertz CT molecular complexity index is 392. The quantitative estimate of drug-likeness (QED) is 0.436. The van der Waals surface area contributed by atoms with Gasteiger partial charge in [0.05, 0.1) is 5.56 Å². The maximum atomic E-state index is 12.0. The number of unbranched alkanes of at least 4 members (excludes halogenated alkanes) is 7. The standard InChI is InChI=1S/C17H26INO/c1-2-3-4-5-6-7-8-11-14-19-17(20)15-12-9-10-13-16(15)18/h9-10,12-13H,2-8,11,14H2,1H3,(H,19,20). The molecule has 0 spiro atoms. The van der Waals surface area contributed by atoms with Crippen molar-refractivity contribution in [3.8, 4) is 0 Å². The predicted molar refractivity (Wildman–Crippen MR) is 94.1 cm³/mol. The largest absolute Gasteiger partial charge is 0.352 e. The first-order valence-corrected chi connectivity index (χ1v) is 8.86. The van der Waals surface area contributed by atoms with E-state index in [1.165, 1.54) is 44.9 Å². The first-order valence-electron chi connectivity index (χ1n) is 7.78. The number of carbonyl (C=O) groups excluding carboxylic acids is 1. The Hall–Kier alpha value is -0.580. The van der Waals surface area contributed by atoms with Gasteiger partial charge in [-0.2, -0.15) is 0 Å². The van der Waals surface area contributed by atoms with Crippen LogP contribution in [0.3, 0.4) is 0 Å². The fourth-order valence-electron chi connectivity index (χ4n) is 2.20.